The fourth-order valence-corrected chi connectivity index (χ4v) is 3.84. The molecule has 2 aliphatic heterocycles. The van der Waals surface area contributed by atoms with E-state index in [0.29, 0.717) is 11.6 Å². The number of nitrogens with zero attached hydrogens (tertiary/aromatic N) is 2. The molecular formula is C16H21ClN2O2. The zero-order valence-electron chi connectivity index (χ0n) is 13.1. The molecule has 2 atom stereocenters. The molecule has 1 N–H and O–H groups in total. The number of rotatable bonds is 0. The smallest absolute Gasteiger partial charge is 0.277 e. The average Bonchev–Trinajstić information content (AvgIpc) is 2.69. The Kier molecular flexibility index (Phi) is 2.74. The summed E-state index contributed by atoms with van der Waals surface area (Å²) in [5, 5.41) is 11.9. The van der Waals surface area contributed by atoms with Crippen LogP contribution in [-0.4, -0.2) is 40.8 Å². The van der Waals surface area contributed by atoms with Crippen molar-refractivity contribution in [3.05, 3.63) is 28.8 Å². The first-order valence-electron chi connectivity index (χ1n) is 7.12. The minimum Gasteiger partial charge on any atom is -0.362 e. The number of carbonyl (C=O) groups excluding carboxylic acids is 1. The van der Waals surface area contributed by atoms with E-state index in [0.717, 1.165) is 11.3 Å². The third kappa shape index (κ3) is 1.58. The highest BCUT2D eigenvalue weighted by Crippen LogP contribution is 2.55. The number of halogens is 1. The quantitative estimate of drug-likeness (QED) is 0.800. The van der Waals surface area contributed by atoms with E-state index in [2.05, 4.69) is 0 Å². The molecule has 1 aromatic rings. The van der Waals surface area contributed by atoms with Gasteiger partial charge in [0.25, 0.3) is 5.91 Å². The van der Waals surface area contributed by atoms with Crippen molar-refractivity contribution in [1.29, 1.82) is 0 Å². The summed E-state index contributed by atoms with van der Waals surface area (Å²) in [6.07, 6.45) is 0. The lowest BCUT2D eigenvalue weighted by atomic mass is 9.78. The predicted octanol–water partition coefficient (Wildman–Crippen LogP) is 2.38. The van der Waals surface area contributed by atoms with Gasteiger partial charge >= 0.3 is 0 Å². The molecule has 2 heterocycles. The number of benzene rings is 1. The molecule has 3 rings (SSSR count). The number of fused-ring (bicyclic) bond motifs is 3. The highest BCUT2D eigenvalue weighted by Gasteiger charge is 2.69. The fourth-order valence-electron chi connectivity index (χ4n) is 3.67. The van der Waals surface area contributed by atoms with Crippen molar-refractivity contribution in [2.75, 3.05) is 18.5 Å². The second-order valence-corrected chi connectivity index (χ2v) is 7.72. The molecule has 2 aliphatic rings. The molecule has 0 spiro atoms. The SMILES string of the molecule is CN1c2ccc(Cl)cc2[C@@]2(C)CN(C(C)(C)C)C(=O)[C@@]12O. The van der Waals surface area contributed by atoms with Gasteiger partial charge in [-0.3, -0.25) is 4.79 Å². The molecule has 1 amide bonds. The predicted molar refractivity (Wildman–Crippen MR) is 83.6 cm³/mol. The molecule has 4 nitrogen and oxygen atoms in total. The molecule has 0 radical (unpaired) electrons. The van der Waals surface area contributed by atoms with Crippen molar-refractivity contribution < 1.29 is 9.90 Å². The van der Waals surface area contributed by atoms with Gasteiger partial charge in [-0.1, -0.05) is 11.6 Å². The molecule has 0 saturated carbocycles. The molecule has 114 valence electrons. The van der Waals surface area contributed by atoms with Crippen molar-refractivity contribution in [2.45, 2.75) is 44.4 Å². The first-order chi connectivity index (χ1) is 9.53. The molecule has 0 bridgehead atoms. The number of hydrogen-bond donors (Lipinski definition) is 1. The summed E-state index contributed by atoms with van der Waals surface area (Å²) >= 11 is 6.13. The van der Waals surface area contributed by atoms with Gasteiger partial charge in [0.15, 0.2) is 0 Å². The maximum atomic E-state index is 12.9. The summed E-state index contributed by atoms with van der Waals surface area (Å²) in [7, 11) is 1.77. The number of anilines is 1. The van der Waals surface area contributed by atoms with E-state index in [1.165, 1.54) is 0 Å². The summed E-state index contributed by atoms with van der Waals surface area (Å²) in [6.45, 7) is 8.37. The normalized spacial score (nSPS) is 31.7. The van der Waals surface area contributed by atoms with Crippen molar-refractivity contribution in [3.63, 3.8) is 0 Å². The van der Waals surface area contributed by atoms with Crippen molar-refractivity contribution in [3.8, 4) is 0 Å². The molecule has 0 unspecified atom stereocenters. The van der Waals surface area contributed by atoms with Crippen LogP contribution in [0.5, 0.6) is 0 Å². The average molecular weight is 309 g/mol. The van der Waals surface area contributed by atoms with Gasteiger partial charge in [0, 0.05) is 29.8 Å². The number of hydrogen-bond acceptors (Lipinski definition) is 3. The first kappa shape index (κ1) is 14.7. The number of carbonyl (C=O) groups is 1. The van der Waals surface area contributed by atoms with Crippen LogP contribution in [0.25, 0.3) is 0 Å². The monoisotopic (exact) mass is 308 g/mol. The highest BCUT2D eigenvalue weighted by atomic mass is 35.5. The van der Waals surface area contributed by atoms with E-state index >= 15 is 0 Å². The van der Waals surface area contributed by atoms with Gasteiger partial charge in [-0.15, -0.1) is 0 Å². The Hall–Kier alpha value is -1.26. The second kappa shape index (κ2) is 3.93. The third-order valence-electron chi connectivity index (χ3n) is 5.00. The van der Waals surface area contributed by atoms with Gasteiger partial charge in [-0.25, -0.2) is 0 Å². The van der Waals surface area contributed by atoms with Crippen LogP contribution in [0.1, 0.15) is 33.3 Å². The summed E-state index contributed by atoms with van der Waals surface area (Å²) in [5.41, 5.74) is -0.772. The van der Waals surface area contributed by atoms with Crippen LogP contribution in [0.4, 0.5) is 5.69 Å². The summed E-state index contributed by atoms with van der Waals surface area (Å²) < 4.78 is 0. The van der Waals surface area contributed by atoms with Crippen LogP contribution in [0.2, 0.25) is 5.02 Å². The highest BCUT2D eigenvalue weighted by molar-refractivity contribution is 6.30. The Morgan fingerprint density at radius 1 is 1.33 bits per heavy atom. The Bertz CT molecular complexity index is 640. The molecule has 1 aromatic carbocycles. The molecule has 1 fully saturated rings. The van der Waals surface area contributed by atoms with Crippen LogP contribution in [-0.2, 0) is 10.2 Å². The van der Waals surface area contributed by atoms with Gasteiger partial charge in [0.1, 0.15) is 0 Å². The van der Waals surface area contributed by atoms with Crippen molar-refractivity contribution in [2.24, 2.45) is 0 Å². The van der Waals surface area contributed by atoms with Gasteiger partial charge in [0.05, 0.1) is 5.41 Å². The van der Waals surface area contributed by atoms with Crippen LogP contribution >= 0.6 is 11.6 Å². The first-order valence-corrected chi connectivity index (χ1v) is 7.49. The minimum absolute atomic E-state index is 0.243. The maximum absolute atomic E-state index is 12.9. The zero-order valence-corrected chi connectivity index (χ0v) is 13.8. The molecule has 21 heavy (non-hydrogen) atoms. The molecule has 5 heteroatoms. The van der Waals surface area contributed by atoms with E-state index in [1.54, 1.807) is 22.9 Å². The lowest BCUT2D eigenvalue weighted by Gasteiger charge is -2.36. The lowest BCUT2D eigenvalue weighted by Crippen LogP contribution is -2.59. The Morgan fingerprint density at radius 3 is 2.52 bits per heavy atom. The van der Waals surface area contributed by atoms with Crippen LogP contribution in [0.15, 0.2) is 18.2 Å². The second-order valence-electron chi connectivity index (χ2n) is 7.29. The largest absolute Gasteiger partial charge is 0.362 e. The standard InChI is InChI=1S/C16H21ClN2O2/c1-14(2,3)19-9-15(4)11-8-10(17)6-7-12(11)18(5)16(15,21)13(19)20/h6-8,21H,9H2,1-5H3/t15-,16+/m1/s1. The van der Waals surface area contributed by atoms with Gasteiger partial charge in [-0.2, -0.15) is 0 Å². The number of aliphatic hydroxyl groups is 1. The van der Waals surface area contributed by atoms with E-state index in [9.17, 15) is 9.90 Å². The van der Waals surface area contributed by atoms with Crippen molar-refractivity contribution in [1.82, 2.24) is 4.90 Å². The molecule has 1 saturated heterocycles. The minimum atomic E-state index is -1.55. The fraction of sp³-hybridized carbons (Fsp3) is 0.562. The van der Waals surface area contributed by atoms with Gasteiger partial charge in [-0.05, 0) is 51.5 Å². The summed E-state index contributed by atoms with van der Waals surface area (Å²) in [5.74, 6) is -0.243. The number of likely N-dealkylation sites (tertiary alicyclic amines) is 1. The van der Waals surface area contributed by atoms with E-state index < -0.39 is 11.1 Å². The summed E-state index contributed by atoms with van der Waals surface area (Å²) in [4.78, 5) is 16.4. The van der Waals surface area contributed by atoms with E-state index in [4.69, 9.17) is 11.6 Å². The Balaban J connectivity index is 2.22. The Morgan fingerprint density at radius 2 is 1.95 bits per heavy atom. The number of likely N-dealkylation sites (N-methyl/N-ethyl adjacent to an activating group) is 1. The van der Waals surface area contributed by atoms with Crippen LogP contribution in [0, 0.1) is 0 Å². The van der Waals surface area contributed by atoms with Gasteiger partial charge in [0.2, 0.25) is 5.72 Å². The number of amides is 1. The van der Waals surface area contributed by atoms with Crippen LogP contribution < -0.4 is 4.90 Å². The molecular weight excluding hydrogens is 288 g/mol. The molecule has 0 aromatic heterocycles. The van der Waals surface area contributed by atoms with E-state index in [-0.39, 0.29) is 11.4 Å². The topological polar surface area (TPSA) is 43.8 Å². The Labute approximate surface area is 130 Å². The molecule has 0 aliphatic carbocycles. The maximum Gasteiger partial charge on any atom is 0.277 e. The van der Waals surface area contributed by atoms with E-state index in [1.807, 2.05) is 39.8 Å². The third-order valence-corrected chi connectivity index (χ3v) is 5.23. The summed E-state index contributed by atoms with van der Waals surface area (Å²) in [6, 6.07) is 5.52. The van der Waals surface area contributed by atoms with Crippen molar-refractivity contribution >= 4 is 23.2 Å². The zero-order chi connectivity index (χ0) is 15.8. The lowest BCUT2D eigenvalue weighted by molar-refractivity contribution is -0.148. The van der Waals surface area contributed by atoms with Crippen LogP contribution in [0.3, 0.4) is 0 Å². The van der Waals surface area contributed by atoms with Gasteiger partial charge < -0.3 is 14.9 Å².